The summed E-state index contributed by atoms with van der Waals surface area (Å²) in [6, 6.07) is 23.1. The number of rotatable bonds is 10. The van der Waals surface area contributed by atoms with Gasteiger partial charge in [-0.25, -0.2) is 8.42 Å². The molecule has 4 rings (SSSR count). The van der Waals surface area contributed by atoms with Crippen LogP contribution in [-0.2, 0) is 16.6 Å². The van der Waals surface area contributed by atoms with Gasteiger partial charge in [0.1, 0.15) is 5.75 Å². The third kappa shape index (κ3) is 7.00. The summed E-state index contributed by atoms with van der Waals surface area (Å²) < 4.78 is 34.9. The summed E-state index contributed by atoms with van der Waals surface area (Å²) in [7, 11) is -3.82. The van der Waals surface area contributed by atoms with Gasteiger partial charge in [-0.3, -0.25) is 4.31 Å². The van der Waals surface area contributed by atoms with E-state index in [0.717, 1.165) is 37.2 Å². The van der Waals surface area contributed by atoms with Gasteiger partial charge in [-0.2, -0.15) is 0 Å². The topological polar surface area (TPSA) is 58.6 Å². The molecule has 0 saturated carbocycles. The van der Waals surface area contributed by atoms with Gasteiger partial charge in [0, 0.05) is 10.6 Å². The second-order valence-electron chi connectivity index (χ2n) is 8.97. The Balaban J connectivity index is 1.50. The van der Waals surface area contributed by atoms with E-state index in [4.69, 9.17) is 16.3 Å². The van der Waals surface area contributed by atoms with Crippen LogP contribution < -0.4 is 14.4 Å². The molecule has 0 aliphatic carbocycles. The standard InChI is InChI=1S/C28H33ClN2O3S/c29-25-15-17-27(18-16-25)35(32,33)31(26-12-2-1-3-13-26)22-24-11-4-5-14-28(24)34-20-8-10-23-9-6-7-19-30-21-23/h1-5,11-18,23,30H,6-10,19-22H2. The lowest BCUT2D eigenvalue weighted by Crippen LogP contribution is -2.30. The molecule has 3 aromatic carbocycles. The maximum Gasteiger partial charge on any atom is 0.264 e. The van der Waals surface area contributed by atoms with Gasteiger partial charge in [0.2, 0.25) is 0 Å². The number of nitrogens with one attached hydrogen (secondary N) is 1. The quantitative estimate of drug-likeness (QED) is 0.324. The molecule has 1 saturated heterocycles. The van der Waals surface area contributed by atoms with Gasteiger partial charge < -0.3 is 10.1 Å². The van der Waals surface area contributed by atoms with Crippen LogP contribution in [0.5, 0.6) is 5.75 Å². The Morgan fingerprint density at radius 1 is 0.943 bits per heavy atom. The Bertz CT molecular complexity index is 1160. The highest BCUT2D eigenvalue weighted by Gasteiger charge is 2.26. The van der Waals surface area contributed by atoms with Crippen LogP contribution in [0.4, 0.5) is 5.69 Å². The van der Waals surface area contributed by atoms with Crippen molar-refractivity contribution in [1.29, 1.82) is 0 Å². The molecule has 0 aromatic heterocycles. The highest BCUT2D eigenvalue weighted by atomic mass is 35.5. The predicted molar refractivity (Wildman–Crippen MR) is 143 cm³/mol. The first-order valence-electron chi connectivity index (χ1n) is 12.3. The molecule has 7 heteroatoms. The van der Waals surface area contributed by atoms with Crippen molar-refractivity contribution < 1.29 is 13.2 Å². The lowest BCUT2D eigenvalue weighted by molar-refractivity contribution is 0.286. The molecule has 1 unspecified atom stereocenters. The van der Waals surface area contributed by atoms with Gasteiger partial charge in [-0.1, -0.05) is 54.4 Å². The Labute approximate surface area is 214 Å². The van der Waals surface area contributed by atoms with Crippen LogP contribution >= 0.6 is 11.6 Å². The zero-order valence-electron chi connectivity index (χ0n) is 19.9. The number of halogens is 1. The van der Waals surface area contributed by atoms with E-state index >= 15 is 0 Å². The largest absolute Gasteiger partial charge is 0.493 e. The summed E-state index contributed by atoms with van der Waals surface area (Å²) in [5, 5.41) is 4.02. The molecular weight excluding hydrogens is 480 g/mol. The molecule has 1 N–H and O–H groups in total. The van der Waals surface area contributed by atoms with E-state index in [2.05, 4.69) is 5.32 Å². The van der Waals surface area contributed by atoms with Crippen LogP contribution in [0.25, 0.3) is 0 Å². The van der Waals surface area contributed by atoms with E-state index in [1.807, 2.05) is 42.5 Å². The molecule has 3 aromatic rings. The van der Waals surface area contributed by atoms with Gasteiger partial charge in [0.15, 0.2) is 0 Å². The average molecular weight is 513 g/mol. The van der Waals surface area contributed by atoms with Crippen molar-refractivity contribution in [3.63, 3.8) is 0 Å². The maximum atomic E-state index is 13.7. The monoisotopic (exact) mass is 512 g/mol. The number of ether oxygens (including phenoxy) is 1. The first-order chi connectivity index (χ1) is 17.0. The van der Waals surface area contributed by atoms with Crippen molar-refractivity contribution in [2.75, 3.05) is 24.0 Å². The molecule has 1 fully saturated rings. The Hall–Kier alpha value is -2.54. The zero-order chi connectivity index (χ0) is 24.5. The van der Waals surface area contributed by atoms with Gasteiger partial charge >= 0.3 is 0 Å². The molecule has 0 bridgehead atoms. The molecule has 0 amide bonds. The smallest absolute Gasteiger partial charge is 0.264 e. The second kappa shape index (κ2) is 12.4. The fourth-order valence-electron chi connectivity index (χ4n) is 4.46. The van der Waals surface area contributed by atoms with Crippen molar-refractivity contribution in [2.24, 2.45) is 5.92 Å². The second-order valence-corrected chi connectivity index (χ2v) is 11.3. The van der Waals surface area contributed by atoms with Crippen molar-refractivity contribution in [3.8, 4) is 5.75 Å². The summed E-state index contributed by atoms with van der Waals surface area (Å²) in [6.07, 6.45) is 5.94. The minimum absolute atomic E-state index is 0.164. The van der Waals surface area contributed by atoms with E-state index in [1.54, 1.807) is 36.4 Å². The van der Waals surface area contributed by atoms with Crippen LogP contribution in [0.2, 0.25) is 5.02 Å². The van der Waals surface area contributed by atoms with E-state index in [-0.39, 0.29) is 11.4 Å². The van der Waals surface area contributed by atoms with Crippen LogP contribution in [0.1, 0.15) is 37.7 Å². The van der Waals surface area contributed by atoms with E-state index in [0.29, 0.717) is 23.2 Å². The van der Waals surface area contributed by atoms with Gasteiger partial charge in [0.05, 0.1) is 23.7 Å². The molecule has 1 heterocycles. The normalized spacial score (nSPS) is 16.4. The van der Waals surface area contributed by atoms with Gasteiger partial charge in [-0.05, 0) is 87.2 Å². The first-order valence-corrected chi connectivity index (χ1v) is 14.1. The van der Waals surface area contributed by atoms with E-state index in [9.17, 15) is 8.42 Å². The van der Waals surface area contributed by atoms with Crippen molar-refractivity contribution in [3.05, 3.63) is 89.4 Å². The Morgan fingerprint density at radius 3 is 2.49 bits per heavy atom. The molecule has 186 valence electrons. The zero-order valence-corrected chi connectivity index (χ0v) is 21.5. The minimum Gasteiger partial charge on any atom is -0.493 e. The Morgan fingerprint density at radius 2 is 1.69 bits per heavy atom. The van der Waals surface area contributed by atoms with Crippen molar-refractivity contribution in [2.45, 2.75) is 43.5 Å². The van der Waals surface area contributed by atoms with Crippen molar-refractivity contribution in [1.82, 2.24) is 5.32 Å². The summed E-state index contributed by atoms with van der Waals surface area (Å²) in [6.45, 7) is 2.99. The lowest BCUT2D eigenvalue weighted by Gasteiger charge is -2.26. The highest BCUT2D eigenvalue weighted by Crippen LogP contribution is 2.29. The molecule has 1 atom stereocenters. The third-order valence-corrected chi connectivity index (χ3v) is 8.44. The predicted octanol–water partition coefficient (Wildman–Crippen LogP) is 6.28. The van der Waals surface area contributed by atoms with Crippen molar-refractivity contribution >= 4 is 27.3 Å². The molecular formula is C28H33ClN2O3S. The molecule has 1 aliphatic rings. The fourth-order valence-corrected chi connectivity index (χ4v) is 6.03. The molecule has 0 radical (unpaired) electrons. The van der Waals surface area contributed by atoms with Gasteiger partial charge in [0.25, 0.3) is 10.0 Å². The molecule has 1 aliphatic heterocycles. The minimum atomic E-state index is -3.82. The molecule has 35 heavy (non-hydrogen) atoms. The lowest BCUT2D eigenvalue weighted by atomic mass is 9.98. The number of hydrogen-bond donors (Lipinski definition) is 1. The fraction of sp³-hybridized carbons (Fsp3) is 0.357. The van der Waals surface area contributed by atoms with E-state index < -0.39 is 10.0 Å². The first kappa shape index (κ1) is 25.5. The summed E-state index contributed by atoms with van der Waals surface area (Å²) >= 11 is 6.00. The summed E-state index contributed by atoms with van der Waals surface area (Å²) in [5.74, 6) is 1.42. The number of anilines is 1. The van der Waals surface area contributed by atoms with Crippen LogP contribution in [0.3, 0.4) is 0 Å². The molecule has 5 nitrogen and oxygen atoms in total. The van der Waals surface area contributed by atoms with Crippen LogP contribution in [0.15, 0.2) is 83.8 Å². The third-order valence-electron chi connectivity index (χ3n) is 6.40. The summed E-state index contributed by atoms with van der Waals surface area (Å²) in [4.78, 5) is 0.196. The van der Waals surface area contributed by atoms with Gasteiger partial charge in [-0.15, -0.1) is 0 Å². The van der Waals surface area contributed by atoms with E-state index in [1.165, 1.54) is 23.6 Å². The SMILES string of the molecule is O=S(=O)(c1ccc(Cl)cc1)N(Cc1ccccc1OCCCC1CCCCNC1)c1ccccc1. The van der Waals surface area contributed by atoms with Crippen LogP contribution in [0, 0.1) is 5.92 Å². The number of para-hydroxylation sites is 2. The Kier molecular flexibility index (Phi) is 9.07. The number of benzene rings is 3. The number of hydrogen-bond acceptors (Lipinski definition) is 4. The maximum absolute atomic E-state index is 13.7. The highest BCUT2D eigenvalue weighted by molar-refractivity contribution is 7.92. The number of sulfonamides is 1. The molecule has 0 spiro atoms. The van der Waals surface area contributed by atoms with Crippen LogP contribution in [-0.4, -0.2) is 28.1 Å². The summed E-state index contributed by atoms with van der Waals surface area (Å²) in [5.41, 5.74) is 1.42. The number of nitrogens with zero attached hydrogens (tertiary/aromatic N) is 1. The average Bonchev–Trinajstić information content (AvgIpc) is 3.15.